The van der Waals surface area contributed by atoms with E-state index in [1.54, 1.807) is 7.11 Å². The smallest absolute Gasteiger partial charge is 0.237 e. The highest BCUT2D eigenvalue weighted by Gasteiger charge is 2.24. The van der Waals surface area contributed by atoms with E-state index in [0.29, 0.717) is 25.7 Å². The van der Waals surface area contributed by atoms with Crippen LogP contribution in [0.15, 0.2) is 0 Å². The maximum atomic E-state index is 12.0. The highest BCUT2D eigenvalue weighted by molar-refractivity contribution is 5.81. The minimum Gasteiger partial charge on any atom is -0.395 e. The summed E-state index contributed by atoms with van der Waals surface area (Å²) in [5.41, 5.74) is 0. The molecule has 6 nitrogen and oxygen atoms in total. The number of amides is 1. The van der Waals surface area contributed by atoms with Gasteiger partial charge < -0.3 is 20.5 Å². The summed E-state index contributed by atoms with van der Waals surface area (Å²) in [6, 6.07) is 0.201. The number of carbonyl (C=O) groups excluding carboxylic acids is 1. The number of aliphatic hydroxyl groups is 1. The molecule has 1 aliphatic heterocycles. The molecule has 0 aliphatic carbocycles. The van der Waals surface area contributed by atoms with Crippen LogP contribution in [0.5, 0.6) is 0 Å². The van der Waals surface area contributed by atoms with Gasteiger partial charge in [0.25, 0.3) is 0 Å². The zero-order chi connectivity index (χ0) is 14.1. The van der Waals surface area contributed by atoms with Crippen LogP contribution >= 0.6 is 0 Å². The summed E-state index contributed by atoms with van der Waals surface area (Å²) in [4.78, 5) is 14.0. The molecule has 6 heteroatoms. The summed E-state index contributed by atoms with van der Waals surface area (Å²) >= 11 is 0. The van der Waals surface area contributed by atoms with E-state index in [1.165, 1.54) is 6.42 Å². The summed E-state index contributed by atoms with van der Waals surface area (Å²) in [7, 11) is 1.61. The number of hydrogen-bond acceptors (Lipinski definition) is 5. The zero-order valence-corrected chi connectivity index (χ0v) is 12.0. The van der Waals surface area contributed by atoms with Crippen molar-refractivity contribution in [3.8, 4) is 0 Å². The van der Waals surface area contributed by atoms with Gasteiger partial charge in [-0.05, 0) is 26.3 Å². The molecule has 2 atom stereocenters. The first-order valence-corrected chi connectivity index (χ1v) is 7.04. The quantitative estimate of drug-likeness (QED) is 0.479. The van der Waals surface area contributed by atoms with Crippen molar-refractivity contribution in [2.75, 3.05) is 46.5 Å². The fourth-order valence-corrected chi connectivity index (χ4v) is 2.36. The number of nitrogens with zero attached hydrogens (tertiary/aromatic N) is 1. The summed E-state index contributed by atoms with van der Waals surface area (Å²) in [6.45, 7) is 5.37. The van der Waals surface area contributed by atoms with Crippen LogP contribution in [0.25, 0.3) is 0 Å². The first-order chi connectivity index (χ1) is 9.19. The minimum atomic E-state index is -0.230. The Bertz CT molecular complexity index is 258. The molecule has 3 N–H and O–H groups in total. The molecule has 0 aromatic rings. The summed E-state index contributed by atoms with van der Waals surface area (Å²) in [5.74, 6) is -0.0107. The normalized spacial score (nSPS) is 20.7. The molecule has 0 saturated carbocycles. The third-order valence-electron chi connectivity index (χ3n) is 3.54. The standard InChI is InChI=1S/C13H27N3O3/c1-11(13(18)15-6-9-19-2)16(7-8-17)10-12-4-3-5-14-12/h11-12,14,17H,3-10H2,1-2H3,(H,15,18). The molecule has 0 aromatic carbocycles. The lowest BCUT2D eigenvalue weighted by molar-refractivity contribution is -0.126. The van der Waals surface area contributed by atoms with Crippen LogP contribution < -0.4 is 10.6 Å². The van der Waals surface area contributed by atoms with Crippen LogP contribution in [-0.2, 0) is 9.53 Å². The Morgan fingerprint density at radius 2 is 2.42 bits per heavy atom. The lowest BCUT2D eigenvalue weighted by Crippen LogP contribution is -2.50. The Kier molecular flexibility index (Phi) is 7.97. The number of carbonyl (C=O) groups is 1. The third kappa shape index (κ3) is 5.86. The second-order valence-corrected chi connectivity index (χ2v) is 4.97. The fourth-order valence-electron chi connectivity index (χ4n) is 2.36. The number of hydrogen-bond donors (Lipinski definition) is 3. The van der Waals surface area contributed by atoms with Crippen molar-refractivity contribution in [2.45, 2.75) is 31.8 Å². The average molecular weight is 273 g/mol. The molecule has 1 fully saturated rings. The molecule has 19 heavy (non-hydrogen) atoms. The van der Waals surface area contributed by atoms with Gasteiger partial charge in [-0.15, -0.1) is 0 Å². The van der Waals surface area contributed by atoms with Gasteiger partial charge >= 0.3 is 0 Å². The van der Waals surface area contributed by atoms with Crippen molar-refractivity contribution >= 4 is 5.91 Å². The molecular weight excluding hydrogens is 246 g/mol. The summed E-state index contributed by atoms with van der Waals surface area (Å²) in [5, 5.41) is 15.4. The molecule has 0 radical (unpaired) electrons. The molecule has 1 rings (SSSR count). The number of methoxy groups -OCH3 is 1. The monoisotopic (exact) mass is 273 g/mol. The predicted molar refractivity (Wildman–Crippen MR) is 74.0 cm³/mol. The van der Waals surface area contributed by atoms with Gasteiger partial charge in [0.05, 0.1) is 19.3 Å². The number of rotatable bonds is 9. The van der Waals surface area contributed by atoms with Crippen LogP contribution in [0, 0.1) is 0 Å². The second kappa shape index (κ2) is 9.25. The number of aliphatic hydroxyl groups excluding tert-OH is 1. The largest absolute Gasteiger partial charge is 0.395 e. The first kappa shape index (κ1) is 16.4. The highest BCUT2D eigenvalue weighted by Crippen LogP contribution is 2.09. The van der Waals surface area contributed by atoms with E-state index in [0.717, 1.165) is 19.5 Å². The molecule has 112 valence electrons. The van der Waals surface area contributed by atoms with E-state index in [-0.39, 0.29) is 18.6 Å². The second-order valence-electron chi connectivity index (χ2n) is 4.97. The van der Waals surface area contributed by atoms with Crippen molar-refractivity contribution in [1.82, 2.24) is 15.5 Å². The summed E-state index contributed by atoms with van der Waals surface area (Å²) < 4.78 is 4.91. The van der Waals surface area contributed by atoms with E-state index in [4.69, 9.17) is 9.84 Å². The topological polar surface area (TPSA) is 73.8 Å². The fraction of sp³-hybridized carbons (Fsp3) is 0.923. The first-order valence-electron chi connectivity index (χ1n) is 7.04. The van der Waals surface area contributed by atoms with Gasteiger partial charge in [-0.3, -0.25) is 9.69 Å². The van der Waals surface area contributed by atoms with Crippen molar-refractivity contribution in [3.05, 3.63) is 0 Å². The molecule has 1 amide bonds. The molecule has 0 bridgehead atoms. The van der Waals surface area contributed by atoms with Crippen LogP contribution in [0.3, 0.4) is 0 Å². The van der Waals surface area contributed by atoms with Crippen LogP contribution in [-0.4, -0.2) is 74.5 Å². The van der Waals surface area contributed by atoms with Gasteiger partial charge in [-0.2, -0.15) is 0 Å². The molecule has 0 aromatic heterocycles. The van der Waals surface area contributed by atoms with Gasteiger partial charge in [0, 0.05) is 32.8 Å². The Hall–Kier alpha value is -0.690. The van der Waals surface area contributed by atoms with Gasteiger partial charge in [0.1, 0.15) is 0 Å². The van der Waals surface area contributed by atoms with Gasteiger partial charge in [-0.25, -0.2) is 0 Å². The van der Waals surface area contributed by atoms with Crippen LogP contribution in [0.4, 0.5) is 0 Å². The van der Waals surface area contributed by atoms with E-state index in [9.17, 15) is 4.79 Å². The van der Waals surface area contributed by atoms with Gasteiger partial charge in [0.15, 0.2) is 0 Å². The highest BCUT2D eigenvalue weighted by atomic mass is 16.5. The van der Waals surface area contributed by atoms with E-state index >= 15 is 0 Å². The number of ether oxygens (including phenoxy) is 1. The maximum Gasteiger partial charge on any atom is 0.237 e. The molecule has 1 heterocycles. The van der Waals surface area contributed by atoms with Crippen molar-refractivity contribution < 1.29 is 14.6 Å². The predicted octanol–water partition coefficient (Wildman–Crippen LogP) is -0.816. The third-order valence-corrected chi connectivity index (χ3v) is 3.54. The van der Waals surface area contributed by atoms with Crippen molar-refractivity contribution in [1.29, 1.82) is 0 Å². The van der Waals surface area contributed by atoms with Crippen molar-refractivity contribution in [3.63, 3.8) is 0 Å². The molecular formula is C13H27N3O3. The lowest BCUT2D eigenvalue weighted by atomic mass is 10.1. The zero-order valence-electron chi connectivity index (χ0n) is 12.0. The Balaban J connectivity index is 2.41. The maximum absolute atomic E-state index is 12.0. The van der Waals surface area contributed by atoms with E-state index < -0.39 is 0 Å². The Morgan fingerprint density at radius 1 is 1.63 bits per heavy atom. The molecule has 1 saturated heterocycles. The van der Waals surface area contributed by atoms with Gasteiger partial charge in [0.2, 0.25) is 5.91 Å². The van der Waals surface area contributed by atoms with E-state index in [1.807, 2.05) is 11.8 Å². The van der Waals surface area contributed by atoms with Crippen LogP contribution in [0.2, 0.25) is 0 Å². The minimum absolute atomic E-state index is 0.0107. The molecule has 2 unspecified atom stereocenters. The average Bonchev–Trinajstić information content (AvgIpc) is 2.90. The Morgan fingerprint density at radius 3 is 3.00 bits per heavy atom. The van der Waals surface area contributed by atoms with Gasteiger partial charge in [-0.1, -0.05) is 0 Å². The molecule has 0 spiro atoms. The van der Waals surface area contributed by atoms with E-state index in [2.05, 4.69) is 10.6 Å². The van der Waals surface area contributed by atoms with Crippen molar-refractivity contribution in [2.24, 2.45) is 0 Å². The number of nitrogens with one attached hydrogen (secondary N) is 2. The SMILES string of the molecule is COCCNC(=O)C(C)N(CCO)CC1CCCN1. The summed E-state index contributed by atoms with van der Waals surface area (Å²) in [6.07, 6.45) is 2.33. The Labute approximate surface area is 115 Å². The molecule has 1 aliphatic rings. The lowest BCUT2D eigenvalue weighted by Gasteiger charge is -2.30. The van der Waals surface area contributed by atoms with Crippen LogP contribution in [0.1, 0.15) is 19.8 Å².